The van der Waals surface area contributed by atoms with Crippen molar-refractivity contribution in [3.63, 3.8) is 0 Å². The molecule has 0 saturated carbocycles. The van der Waals surface area contributed by atoms with E-state index in [1.807, 2.05) is 0 Å². The first-order valence-corrected chi connectivity index (χ1v) is 7.63. The van der Waals surface area contributed by atoms with Crippen molar-refractivity contribution in [1.82, 2.24) is 0 Å². The average Bonchev–Trinajstić information content (AvgIpc) is 2.60. The predicted octanol–water partition coefficient (Wildman–Crippen LogP) is 4.19. The SMILES string of the molecule is Cc1cccc(CC2CCCc3ccccc3C2N)c1. The molecule has 0 aliphatic heterocycles. The van der Waals surface area contributed by atoms with Gasteiger partial charge < -0.3 is 5.73 Å². The summed E-state index contributed by atoms with van der Waals surface area (Å²) in [6.07, 6.45) is 4.75. The Labute approximate surface area is 121 Å². The van der Waals surface area contributed by atoms with Gasteiger partial charge in [-0.25, -0.2) is 0 Å². The van der Waals surface area contributed by atoms with Crippen LogP contribution in [0.2, 0.25) is 0 Å². The lowest BCUT2D eigenvalue weighted by Crippen LogP contribution is -2.22. The number of fused-ring (bicyclic) bond motifs is 1. The Hall–Kier alpha value is -1.60. The topological polar surface area (TPSA) is 26.0 Å². The third kappa shape index (κ3) is 2.78. The summed E-state index contributed by atoms with van der Waals surface area (Å²) in [5, 5.41) is 0. The van der Waals surface area contributed by atoms with Crippen LogP contribution in [0.15, 0.2) is 48.5 Å². The van der Waals surface area contributed by atoms with Gasteiger partial charge in [0.05, 0.1) is 0 Å². The molecule has 0 fully saturated rings. The Morgan fingerprint density at radius 1 is 1.10 bits per heavy atom. The van der Waals surface area contributed by atoms with E-state index in [0.717, 1.165) is 6.42 Å². The summed E-state index contributed by atoms with van der Waals surface area (Å²) >= 11 is 0. The summed E-state index contributed by atoms with van der Waals surface area (Å²) in [5.41, 5.74) is 12.1. The maximum Gasteiger partial charge on any atom is 0.0329 e. The van der Waals surface area contributed by atoms with E-state index < -0.39 is 0 Å². The zero-order valence-corrected chi connectivity index (χ0v) is 12.2. The molecule has 1 nitrogen and oxygen atoms in total. The lowest BCUT2D eigenvalue weighted by atomic mass is 9.86. The van der Waals surface area contributed by atoms with Crippen LogP contribution in [0.1, 0.15) is 41.1 Å². The zero-order valence-electron chi connectivity index (χ0n) is 12.2. The smallest absolute Gasteiger partial charge is 0.0329 e. The van der Waals surface area contributed by atoms with Gasteiger partial charge in [0, 0.05) is 6.04 Å². The summed E-state index contributed by atoms with van der Waals surface area (Å²) < 4.78 is 0. The highest BCUT2D eigenvalue weighted by Gasteiger charge is 2.24. The van der Waals surface area contributed by atoms with Gasteiger partial charge >= 0.3 is 0 Å². The van der Waals surface area contributed by atoms with Gasteiger partial charge in [0.25, 0.3) is 0 Å². The molecule has 0 saturated heterocycles. The molecule has 0 amide bonds. The van der Waals surface area contributed by atoms with Gasteiger partial charge in [-0.05, 0) is 55.2 Å². The molecule has 1 heteroatoms. The third-order valence-electron chi connectivity index (χ3n) is 4.52. The third-order valence-corrected chi connectivity index (χ3v) is 4.52. The van der Waals surface area contributed by atoms with Crippen molar-refractivity contribution in [3.8, 4) is 0 Å². The molecule has 3 rings (SSSR count). The lowest BCUT2D eigenvalue weighted by molar-refractivity contribution is 0.402. The van der Waals surface area contributed by atoms with Crippen LogP contribution in [0.5, 0.6) is 0 Å². The minimum absolute atomic E-state index is 0.175. The van der Waals surface area contributed by atoms with Gasteiger partial charge in [0.15, 0.2) is 0 Å². The van der Waals surface area contributed by atoms with Crippen LogP contribution in [0.3, 0.4) is 0 Å². The van der Waals surface area contributed by atoms with Gasteiger partial charge in [-0.2, -0.15) is 0 Å². The van der Waals surface area contributed by atoms with E-state index in [0.29, 0.717) is 5.92 Å². The Kier molecular flexibility index (Phi) is 3.88. The largest absolute Gasteiger partial charge is 0.324 e. The first-order chi connectivity index (χ1) is 9.74. The van der Waals surface area contributed by atoms with Crippen molar-refractivity contribution < 1.29 is 0 Å². The van der Waals surface area contributed by atoms with Crippen LogP contribution in [0.4, 0.5) is 0 Å². The molecule has 0 spiro atoms. The minimum Gasteiger partial charge on any atom is -0.324 e. The second-order valence-electron chi connectivity index (χ2n) is 6.07. The molecule has 0 bridgehead atoms. The summed E-state index contributed by atoms with van der Waals surface area (Å²) in [5.74, 6) is 0.556. The van der Waals surface area contributed by atoms with Crippen LogP contribution >= 0.6 is 0 Å². The fourth-order valence-corrected chi connectivity index (χ4v) is 3.45. The lowest BCUT2D eigenvalue weighted by Gasteiger charge is -2.23. The summed E-state index contributed by atoms with van der Waals surface area (Å²) in [6, 6.07) is 17.7. The first kappa shape index (κ1) is 13.4. The molecule has 0 heterocycles. The molecule has 2 aromatic rings. The maximum atomic E-state index is 6.58. The van der Waals surface area contributed by atoms with Crippen LogP contribution in [-0.4, -0.2) is 0 Å². The van der Waals surface area contributed by atoms with E-state index in [1.54, 1.807) is 0 Å². The van der Waals surface area contributed by atoms with Gasteiger partial charge in [-0.15, -0.1) is 0 Å². The number of hydrogen-bond donors (Lipinski definition) is 1. The van der Waals surface area contributed by atoms with Crippen LogP contribution in [0, 0.1) is 12.8 Å². The Morgan fingerprint density at radius 2 is 1.95 bits per heavy atom. The van der Waals surface area contributed by atoms with E-state index in [1.165, 1.54) is 41.5 Å². The number of benzene rings is 2. The molecular formula is C19H23N. The number of hydrogen-bond acceptors (Lipinski definition) is 1. The normalized spacial score (nSPS) is 22.1. The van der Waals surface area contributed by atoms with Crippen molar-refractivity contribution in [1.29, 1.82) is 0 Å². The molecule has 1 aliphatic rings. The maximum absolute atomic E-state index is 6.58. The van der Waals surface area contributed by atoms with E-state index in [9.17, 15) is 0 Å². The van der Waals surface area contributed by atoms with Crippen molar-refractivity contribution in [2.45, 2.75) is 38.6 Å². The average molecular weight is 265 g/mol. The van der Waals surface area contributed by atoms with E-state index >= 15 is 0 Å². The van der Waals surface area contributed by atoms with Crippen molar-refractivity contribution in [2.75, 3.05) is 0 Å². The molecule has 104 valence electrons. The highest BCUT2D eigenvalue weighted by atomic mass is 14.7. The highest BCUT2D eigenvalue weighted by molar-refractivity contribution is 5.32. The quantitative estimate of drug-likeness (QED) is 0.810. The molecule has 20 heavy (non-hydrogen) atoms. The van der Waals surface area contributed by atoms with Gasteiger partial charge in [-0.1, -0.05) is 54.1 Å². The molecule has 0 aromatic heterocycles. The fraction of sp³-hybridized carbons (Fsp3) is 0.368. The summed E-state index contributed by atoms with van der Waals surface area (Å²) in [4.78, 5) is 0. The van der Waals surface area contributed by atoms with Crippen LogP contribution < -0.4 is 5.73 Å². The van der Waals surface area contributed by atoms with E-state index in [2.05, 4.69) is 55.5 Å². The van der Waals surface area contributed by atoms with Crippen molar-refractivity contribution >= 4 is 0 Å². The van der Waals surface area contributed by atoms with Gasteiger partial charge in [0.1, 0.15) is 0 Å². The second-order valence-corrected chi connectivity index (χ2v) is 6.07. The fourth-order valence-electron chi connectivity index (χ4n) is 3.45. The molecule has 2 unspecified atom stereocenters. The molecule has 1 aliphatic carbocycles. The van der Waals surface area contributed by atoms with Crippen molar-refractivity contribution in [2.24, 2.45) is 11.7 Å². The second kappa shape index (κ2) is 5.80. The Bertz CT molecular complexity index is 588. The molecule has 2 atom stereocenters. The van der Waals surface area contributed by atoms with E-state index in [4.69, 9.17) is 5.73 Å². The number of rotatable bonds is 2. The summed E-state index contributed by atoms with van der Waals surface area (Å²) in [6.45, 7) is 2.16. The molecule has 0 radical (unpaired) electrons. The monoisotopic (exact) mass is 265 g/mol. The van der Waals surface area contributed by atoms with Crippen molar-refractivity contribution in [3.05, 3.63) is 70.8 Å². The standard InChI is InChI=1S/C19H23N/c1-14-6-4-7-15(12-14)13-17-10-5-9-16-8-2-3-11-18(16)19(17)20/h2-4,6-8,11-12,17,19H,5,9-10,13,20H2,1H3. The van der Waals surface area contributed by atoms with Crippen LogP contribution in [0.25, 0.3) is 0 Å². The van der Waals surface area contributed by atoms with Crippen LogP contribution in [-0.2, 0) is 12.8 Å². The summed E-state index contributed by atoms with van der Waals surface area (Å²) in [7, 11) is 0. The molecule has 2 N–H and O–H groups in total. The Balaban J connectivity index is 1.84. The highest BCUT2D eigenvalue weighted by Crippen LogP contribution is 2.33. The van der Waals surface area contributed by atoms with E-state index in [-0.39, 0.29) is 6.04 Å². The number of aryl methyl sites for hydroxylation is 2. The predicted molar refractivity (Wildman–Crippen MR) is 84.7 cm³/mol. The van der Waals surface area contributed by atoms with Gasteiger partial charge in [0.2, 0.25) is 0 Å². The minimum atomic E-state index is 0.175. The van der Waals surface area contributed by atoms with Gasteiger partial charge in [-0.3, -0.25) is 0 Å². The molecular weight excluding hydrogens is 242 g/mol. The zero-order chi connectivity index (χ0) is 13.9. The number of nitrogens with two attached hydrogens (primary N) is 1. The Morgan fingerprint density at radius 3 is 2.80 bits per heavy atom. The first-order valence-electron chi connectivity index (χ1n) is 7.63. The molecule has 2 aromatic carbocycles.